The molecular formula is C10H17NO2. The predicted octanol–water partition coefficient (Wildman–Crippen LogP) is 0.936. The minimum absolute atomic E-state index is 0.0150. The zero-order valence-electron chi connectivity index (χ0n) is 8.46. The Kier molecular flexibility index (Phi) is 1.88. The topological polar surface area (TPSA) is 38.3 Å². The molecule has 3 fully saturated rings. The Morgan fingerprint density at radius 1 is 1.46 bits per heavy atom. The number of ether oxygens (including phenoxy) is 1. The van der Waals surface area contributed by atoms with Crippen molar-refractivity contribution in [1.29, 1.82) is 0 Å². The lowest BCUT2D eigenvalue weighted by molar-refractivity contribution is -0.165. The molecule has 3 aliphatic rings. The summed E-state index contributed by atoms with van der Waals surface area (Å²) in [5.41, 5.74) is -0.341. The maximum atomic E-state index is 11.6. The van der Waals surface area contributed by atoms with Crippen LogP contribution in [0.3, 0.4) is 0 Å². The van der Waals surface area contributed by atoms with E-state index >= 15 is 0 Å². The molecule has 1 N–H and O–H groups in total. The molecule has 2 bridgehead atoms. The first-order valence-corrected chi connectivity index (χ1v) is 4.93. The van der Waals surface area contributed by atoms with E-state index in [2.05, 4.69) is 5.32 Å². The maximum Gasteiger partial charge on any atom is 0.311 e. The monoisotopic (exact) mass is 183 g/mol. The van der Waals surface area contributed by atoms with Crippen LogP contribution in [0.1, 0.15) is 27.2 Å². The van der Waals surface area contributed by atoms with Gasteiger partial charge in [-0.25, -0.2) is 0 Å². The number of esters is 1. The van der Waals surface area contributed by atoms with Crippen molar-refractivity contribution in [2.24, 2.45) is 11.8 Å². The Hall–Kier alpha value is -0.570. The molecule has 0 radical (unpaired) electrons. The van der Waals surface area contributed by atoms with Gasteiger partial charge in [0.1, 0.15) is 5.60 Å². The second-order valence-corrected chi connectivity index (χ2v) is 5.07. The van der Waals surface area contributed by atoms with Crippen molar-refractivity contribution in [1.82, 2.24) is 5.32 Å². The van der Waals surface area contributed by atoms with Crippen LogP contribution < -0.4 is 5.32 Å². The molecule has 0 aromatic carbocycles. The quantitative estimate of drug-likeness (QED) is 0.615. The molecule has 3 atom stereocenters. The SMILES string of the molecule is CC(C)(C)OC(=O)[C@@H]1[C@H]2CN[C@@H]1C2. The highest BCUT2D eigenvalue weighted by molar-refractivity contribution is 5.76. The van der Waals surface area contributed by atoms with E-state index in [9.17, 15) is 4.79 Å². The van der Waals surface area contributed by atoms with Crippen LogP contribution in [0, 0.1) is 11.8 Å². The van der Waals surface area contributed by atoms with Crippen molar-refractivity contribution in [3.8, 4) is 0 Å². The second kappa shape index (κ2) is 2.71. The van der Waals surface area contributed by atoms with Crippen LogP contribution >= 0.6 is 0 Å². The van der Waals surface area contributed by atoms with Gasteiger partial charge in [0, 0.05) is 6.04 Å². The van der Waals surface area contributed by atoms with Gasteiger partial charge in [0.2, 0.25) is 0 Å². The van der Waals surface area contributed by atoms with Crippen LogP contribution in [0.15, 0.2) is 0 Å². The molecule has 13 heavy (non-hydrogen) atoms. The maximum absolute atomic E-state index is 11.6. The van der Waals surface area contributed by atoms with E-state index in [4.69, 9.17) is 4.74 Å². The van der Waals surface area contributed by atoms with Crippen molar-refractivity contribution >= 4 is 5.97 Å². The van der Waals surface area contributed by atoms with Gasteiger partial charge in [-0.05, 0) is 39.7 Å². The van der Waals surface area contributed by atoms with Crippen LogP contribution in [-0.4, -0.2) is 24.2 Å². The summed E-state index contributed by atoms with van der Waals surface area (Å²) in [6, 6.07) is 0.403. The Balaban J connectivity index is 1.92. The average Bonchev–Trinajstić information content (AvgIpc) is 2.36. The van der Waals surface area contributed by atoms with Crippen LogP contribution in [0.2, 0.25) is 0 Å². The van der Waals surface area contributed by atoms with Gasteiger partial charge in [0.25, 0.3) is 0 Å². The summed E-state index contributed by atoms with van der Waals surface area (Å²) in [5.74, 6) is 0.665. The summed E-state index contributed by atoms with van der Waals surface area (Å²) < 4.78 is 5.34. The summed E-state index contributed by atoms with van der Waals surface area (Å²) in [6.07, 6.45) is 1.16. The highest BCUT2D eigenvalue weighted by Gasteiger charge is 2.52. The number of carbonyl (C=O) groups excluding carboxylic acids is 1. The summed E-state index contributed by atoms with van der Waals surface area (Å²) in [4.78, 5) is 11.6. The highest BCUT2D eigenvalue weighted by atomic mass is 16.6. The molecule has 0 aromatic heterocycles. The first kappa shape index (κ1) is 9.00. The largest absolute Gasteiger partial charge is 0.460 e. The van der Waals surface area contributed by atoms with Crippen molar-refractivity contribution in [3.05, 3.63) is 0 Å². The first-order chi connectivity index (χ1) is 5.97. The molecule has 2 saturated heterocycles. The normalized spacial score (nSPS) is 37.0. The number of fused-ring (bicyclic) bond motifs is 1. The van der Waals surface area contributed by atoms with E-state index in [1.807, 2.05) is 20.8 Å². The van der Waals surface area contributed by atoms with E-state index < -0.39 is 0 Å². The lowest BCUT2D eigenvalue weighted by Gasteiger charge is -2.34. The molecule has 2 heterocycles. The lowest BCUT2D eigenvalue weighted by Crippen LogP contribution is -2.45. The Bertz CT molecular complexity index is 218. The van der Waals surface area contributed by atoms with E-state index in [1.54, 1.807) is 0 Å². The molecule has 0 spiro atoms. The molecular weight excluding hydrogens is 166 g/mol. The predicted molar refractivity (Wildman–Crippen MR) is 49.2 cm³/mol. The fourth-order valence-corrected chi connectivity index (χ4v) is 2.20. The van der Waals surface area contributed by atoms with Crippen LogP contribution in [0.25, 0.3) is 0 Å². The Morgan fingerprint density at radius 2 is 2.15 bits per heavy atom. The fourth-order valence-electron chi connectivity index (χ4n) is 2.20. The van der Waals surface area contributed by atoms with Gasteiger partial charge < -0.3 is 10.1 Å². The van der Waals surface area contributed by atoms with Crippen molar-refractivity contribution in [2.75, 3.05) is 6.54 Å². The molecule has 3 rings (SSSR count). The molecule has 3 nitrogen and oxygen atoms in total. The zero-order valence-corrected chi connectivity index (χ0v) is 8.46. The van der Waals surface area contributed by atoms with Gasteiger partial charge >= 0.3 is 5.97 Å². The highest BCUT2D eigenvalue weighted by Crippen LogP contribution is 2.41. The Labute approximate surface area is 78.8 Å². The number of rotatable bonds is 1. The lowest BCUT2D eigenvalue weighted by atomic mass is 9.74. The summed E-state index contributed by atoms with van der Waals surface area (Å²) >= 11 is 0. The van der Waals surface area contributed by atoms with E-state index in [0.29, 0.717) is 12.0 Å². The number of carbonyl (C=O) groups is 1. The van der Waals surface area contributed by atoms with Crippen molar-refractivity contribution in [3.63, 3.8) is 0 Å². The van der Waals surface area contributed by atoms with Gasteiger partial charge in [-0.1, -0.05) is 0 Å². The van der Waals surface area contributed by atoms with Crippen LogP contribution in [0.5, 0.6) is 0 Å². The van der Waals surface area contributed by atoms with Gasteiger partial charge in [0.05, 0.1) is 5.92 Å². The molecule has 0 aromatic rings. The van der Waals surface area contributed by atoms with Crippen LogP contribution in [0.4, 0.5) is 0 Å². The standard InChI is InChI=1S/C10H17NO2/c1-10(2,3)13-9(12)8-6-4-7(8)11-5-6/h6-8,11H,4-5H2,1-3H3/t6-,7-,8-/m1/s1. The Morgan fingerprint density at radius 3 is 2.54 bits per heavy atom. The minimum atomic E-state index is -0.341. The van der Waals surface area contributed by atoms with E-state index in [0.717, 1.165) is 13.0 Å². The molecule has 1 aliphatic carbocycles. The molecule has 3 heteroatoms. The summed E-state index contributed by atoms with van der Waals surface area (Å²) in [5, 5.41) is 3.31. The number of hydrogen-bond donors (Lipinski definition) is 1. The van der Waals surface area contributed by atoms with Crippen molar-refractivity contribution < 1.29 is 9.53 Å². The molecule has 1 saturated carbocycles. The first-order valence-electron chi connectivity index (χ1n) is 4.93. The van der Waals surface area contributed by atoms with Crippen molar-refractivity contribution in [2.45, 2.75) is 38.8 Å². The van der Waals surface area contributed by atoms with E-state index in [-0.39, 0.29) is 17.5 Å². The zero-order chi connectivity index (χ0) is 9.64. The minimum Gasteiger partial charge on any atom is -0.460 e. The molecule has 2 aliphatic heterocycles. The number of nitrogens with one attached hydrogen (secondary N) is 1. The molecule has 0 amide bonds. The summed E-state index contributed by atoms with van der Waals surface area (Å²) in [6.45, 7) is 6.74. The summed E-state index contributed by atoms with van der Waals surface area (Å²) in [7, 11) is 0. The average molecular weight is 183 g/mol. The molecule has 0 unspecified atom stereocenters. The van der Waals surface area contributed by atoms with Crippen LogP contribution in [-0.2, 0) is 9.53 Å². The smallest absolute Gasteiger partial charge is 0.311 e. The fraction of sp³-hybridized carbons (Fsp3) is 0.900. The number of hydrogen-bond acceptors (Lipinski definition) is 3. The third-order valence-corrected chi connectivity index (χ3v) is 2.82. The van der Waals surface area contributed by atoms with E-state index in [1.165, 1.54) is 0 Å². The third-order valence-electron chi connectivity index (χ3n) is 2.82. The van der Waals surface area contributed by atoms with Gasteiger partial charge in [-0.3, -0.25) is 4.79 Å². The van der Waals surface area contributed by atoms with Gasteiger partial charge in [-0.2, -0.15) is 0 Å². The van der Waals surface area contributed by atoms with Gasteiger partial charge in [-0.15, -0.1) is 0 Å². The van der Waals surface area contributed by atoms with Gasteiger partial charge in [0.15, 0.2) is 0 Å². The third kappa shape index (κ3) is 1.57. The molecule has 74 valence electrons. The second-order valence-electron chi connectivity index (χ2n) is 5.07.